The Morgan fingerprint density at radius 2 is 1.90 bits per heavy atom. The number of morpholine rings is 1. The molecular weight excluding hydrogens is 513 g/mol. The van der Waals surface area contributed by atoms with Gasteiger partial charge in [0.05, 0.1) is 13.7 Å². The van der Waals surface area contributed by atoms with E-state index in [-0.39, 0.29) is 30.2 Å². The summed E-state index contributed by atoms with van der Waals surface area (Å²) < 4.78 is 24.8. The van der Waals surface area contributed by atoms with E-state index in [0.29, 0.717) is 30.6 Å². The van der Waals surface area contributed by atoms with Crippen molar-refractivity contribution in [3.8, 4) is 0 Å². The number of esters is 1. The van der Waals surface area contributed by atoms with Gasteiger partial charge in [-0.15, -0.1) is 0 Å². The van der Waals surface area contributed by atoms with Gasteiger partial charge in [0, 0.05) is 35.6 Å². The summed E-state index contributed by atoms with van der Waals surface area (Å²) in [6.45, 7) is 0.216. The molecule has 0 aromatic heterocycles. The van der Waals surface area contributed by atoms with Crippen LogP contribution >= 0.6 is 0 Å². The van der Waals surface area contributed by atoms with Crippen molar-refractivity contribution in [1.82, 2.24) is 4.90 Å². The van der Waals surface area contributed by atoms with Crippen LogP contribution in [0.1, 0.15) is 28.8 Å². The molecule has 4 rings (SSSR count). The molecule has 2 fully saturated rings. The Kier molecular flexibility index (Phi) is 8.21. The number of aliphatic hydroxyl groups is 1. The molecule has 2 aliphatic heterocycles. The number of amidine groups is 1. The number of halogens is 1. The van der Waals surface area contributed by atoms with Crippen LogP contribution in [0.25, 0.3) is 0 Å². The van der Waals surface area contributed by atoms with Crippen molar-refractivity contribution in [1.29, 1.82) is 5.41 Å². The quantitative estimate of drug-likeness (QED) is 0.224. The highest BCUT2D eigenvalue weighted by atomic mass is 19.1. The Bertz CT molecular complexity index is 1300. The summed E-state index contributed by atoms with van der Waals surface area (Å²) in [6, 6.07) is 8.58. The van der Waals surface area contributed by atoms with Gasteiger partial charge in [0.2, 0.25) is 0 Å². The maximum absolute atomic E-state index is 14.6. The van der Waals surface area contributed by atoms with Crippen molar-refractivity contribution in [3.05, 3.63) is 59.4 Å². The molecule has 2 heterocycles. The van der Waals surface area contributed by atoms with Gasteiger partial charge in [-0.25, -0.2) is 9.18 Å². The molecule has 2 aromatic rings. The lowest BCUT2D eigenvalue weighted by Gasteiger charge is -2.34. The number of aliphatic hydroxyl groups excluding tert-OH is 1. The van der Waals surface area contributed by atoms with E-state index < -0.39 is 47.8 Å². The Balaban J connectivity index is 1.50. The predicted molar refractivity (Wildman–Crippen MR) is 137 cm³/mol. The average molecular weight is 542 g/mol. The molecule has 3 atom stereocenters. The molecule has 0 aliphatic carbocycles. The van der Waals surface area contributed by atoms with Crippen molar-refractivity contribution in [2.24, 2.45) is 5.73 Å². The zero-order valence-electron chi connectivity index (χ0n) is 21.1. The van der Waals surface area contributed by atoms with Crippen LogP contribution in [0.5, 0.6) is 0 Å². The monoisotopic (exact) mass is 541 g/mol. The molecule has 12 nitrogen and oxygen atoms in total. The lowest BCUT2D eigenvalue weighted by Crippen LogP contribution is -2.55. The number of benzene rings is 2. The van der Waals surface area contributed by atoms with Crippen LogP contribution in [0, 0.1) is 11.2 Å². The third-order valence-electron chi connectivity index (χ3n) is 6.57. The van der Waals surface area contributed by atoms with E-state index in [2.05, 4.69) is 5.32 Å². The van der Waals surface area contributed by atoms with E-state index in [4.69, 9.17) is 20.6 Å². The van der Waals surface area contributed by atoms with E-state index >= 15 is 0 Å². The Morgan fingerprint density at radius 1 is 1.18 bits per heavy atom. The van der Waals surface area contributed by atoms with Gasteiger partial charge in [-0.05, 0) is 55.3 Å². The molecule has 13 heteroatoms. The second-order valence-electron chi connectivity index (χ2n) is 9.08. The zero-order chi connectivity index (χ0) is 28.3. The first-order valence-corrected chi connectivity index (χ1v) is 12.2. The Hall–Kier alpha value is -4.36. The van der Waals surface area contributed by atoms with Crippen molar-refractivity contribution < 1.29 is 38.1 Å². The van der Waals surface area contributed by atoms with Crippen molar-refractivity contribution in [3.63, 3.8) is 0 Å². The Labute approximate surface area is 223 Å². The van der Waals surface area contributed by atoms with Crippen LogP contribution in [0.2, 0.25) is 0 Å². The minimum absolute atomic E-state index is 0.0121. The van der Waals surface area contributed by atoms with Crippen molar-refractivity contribution in [2.45, 2.75) is 31.1 Å². The minimum atomic E-state index is -1.90. The Morgan fingerprint density at radius 3 is 2.56 bits per heavy atom. The second kappa shape index (κ2) is 11.6. The molecule has 0 spiro atoms. The van der Waals surface area contributed by atoms with Gasteiger partial charge >= 0.3 is 5.97 Å². The fourth-order valence-corrected chi connectivity index (χ4v) is 4.59. The first-order chi connectivity index (χ1) is 18.6. The fraction of sp³-hybridized carbons (Fsp3) is 0.346. The highest BCUT2D eigenvalue weighted by Gasteiger charge is 2.40. The number of nitrogens with two attached hydrogens (primary N) is 1. The van der Waals surface area contributed by atoms with Gasteiger partial charge in [-0.1, -0.05) is 0 Å². The normalized spacial score (nSPS) is 19.9. The maximum atomic E-state index is 14.6. The lowest BCUT2D eigenvalue weighted by molar-refractivity contribution is -0.150. The summed E-state index contributed by atoms with van der Waals surface area (Å²) in [7, 11) is 1.23. The molecule has 2 saturated heterocycles. The number of nitrogens with one attached hydrogen (secondary N) is 2. The molecule has 5 N–H and O–H groups in total. The first kappa shape index (κ1) is 27.7. The number of rotatable bonds is 7. The number of amides is 3. The lowest BCUT2D eigenvalue weighted by atomic mass is 10.1. The van der Waals surface area contributed by atoms with Crippen molar-refractivity contribution in [2.75, 3.05) is 37.0 Å². The number of methoxy groups -OCH3 is 1. The summed E-state index contributed by atoms with van der Waals surface area (Å²) in [5, 5.41) is 20.5. The second-order valence-corrected chi connectivity index (χ2v) is 9.08. The van der Waals surface area contributed by atoms with Gasteiger partial charge in [-0.2, -0.15) is 0 Å². The van der Waals surface area contributed by atoms with Gasteiger partial charge in [0.15, 0.2) is 12.2 Å². The number of nitrogens with zero attached hydrogens (tertiary/aromatic N) is 2. The smallest absolute Gasteiger partial charge is 0.328 e. The predicted octanol–water partition coefficient (Wildman–Crippen LogP) is 0.619. The summed E-state index contributed by atoms with van der Waals surface area (Å²) in [6.07, 6.45) is -2.48. The largest absolute Gasteiger partial charge is 0.467 e. The summed E-state index contributed by atoms with van der Waals surface area (Å²) >= 11 is 0. The molecule has 0 radical (unpaired) electrons. The van der Waals surface area contributed by atoms with Crippen molar-refractivity contribution >= 4 is 40.9 Å². The molecule has 206 valence electrons. The van der Waals surface area contributed by atoms with E-state index in [1.54, 1.807) is 0 Å². The highest BCUT2D eigenvalue weighted by molar-refractivity contribution is 6.05. The standard InChI is InChI=1S/C26H28FN5O7/c1-38-26(37)19-3-2-8-32(19)24(35)15-11-16(27)13-18(12-15)31-9-10-39-21(25(31)36)20(33)23(34)30-17-6-4-14(5-7-17)22(28)29/h4-7,11-13,19-21,33H,2-3,8-10H2,1H3,(H3,28,29)(H,30,34)/t19?,20-,21-/m1/s1. The van der Waals surface area contributed by atoms with Gasteiger partial charge in [-0.3, -0.25) is 19.8 Å². The molecule has 2 aromatic carbocycles. The number of hydrogen-bond acceptors (Lipinski definition) is 8. The third-order valence-corrected chi connectivity index (χ3v) is 6.57. The van der Waals surface area contributed by atoms with Crippen LogP contribution in [-0.4, -0.2) is 84.6 Å². The van der Waals surface area contributed by atoms with E-state index in [1.807, 2.05) is 0 Å². The number of carbonyl (C=O) groups is 4. The minimum Gasteiger partial charge on any atom is -0.467 e. The molecule has 39 heavy (non-hydrogen) atoms. The van der Waals surface area contributed by atoms with E-state index in [0.717, 1.165) is 17.0 Å². The number of anilines is 2. The molecule has 3 amide bonds. The molecule has 2 aliphatic rings. The molecule has 0 saturated carbocycles. The molecule has 1 unspecified atom stereocenters. The third kappa shape index (κ3) is 5.89. The fourth-order valence-electron chi connectivity index (χ4n) is 4.59. The summed E-state index contributed by atoms with van der Waals surface area (Å²) in [5.41, 5.74) is 6.12. The maximum Gasteiger partial charge on any atom is 0.328 e. The highest BCUT2D eigenvalue weighted by Crippen LogP contribution is 2.27. The number of hydrogen-bond donors (Lipinski definition) is 4. The van der Waals surface area contributed by atoms with E-state index in [9.17, 15) is 28.7 Å². The number of likely N-dealkylation sites (tertiary alicyclic amines) is 1. The zero-order valence-corrected chi connectivity index (χ0v) is 21.1. The molecular formula is C26H28FN5O7. The number of ether oxygens (including phenoxy) is 2. The average Bonchev–Trinajstić information content (AvgIpc) is 3.42. The topological polar surface area (TPSA) is 175 Å². The van der Waals surface area contributed by atoms with Crippen LogP contribution in [0.4, 0.5) is 15.8 Å². The van der Waals surface area contributed by atoms with Crippen LogP contribution in [0.3, 0.4) is 0 Å². The number of carbonyl (C=O) groups excluding carboxylic acids is 4. The van der Waals surface area contributed by atoms with Gasteiger partial charge < -0.3 is 35.4 Å². The van der Waals surface area contributed by atoms with E-state index in [1.165, 1.54) is 42.3 Å². The number of nitrogen functional groups attached to an aromatic ring is 1. The van der Waals surface area contributed by atoms with Crippen LogP contribution in [0.15, 0.2) is 42.5 Å². The first-order valence-electron chi connectivity index (χ1n) is 12.2. The van der Waals surface area contributed by atoms with Gasteiger partial charge in [0.1, 0.15) is 17.7 Å². The van der Waals surface area contributed by atoms with Gasteiger partial charge in [0.25, 0.3) is 17.7 Å². The molecule has 0 bridgehead atoms. The SMILES string of the molecule is COC(=O)C1CCCN1C(=O)c1cc(F)cc(N2CCO[C@H]([C@@H](O)C(=O)Nc3ccc(C(=N)N)cc3)C2=O)c1. The summed E-state index contributed by atoms with van der Waals surface area (Å²) in [5.74, 6) is -3.80. The van der Waals surface area contributed by atoms with Crippen LogP contribution in [-0.2, 0) is 23.9 Å². The summed E-state index contributed by atoms with van der Waals surface area (Å²) in [4.78, 5) is 53.5. The van der Waals surface area contributed by atoms with Crippen LogP contribution < -0.4 is 16.0 Å².